The van der Waals surface area contributed by atoms with Gasteiger partial charge in [0, 0.05) is 6.20 Å². The number of aliphatic hydroxyl groups excluding tert-OH is 1. The van der Waals surface area contributed by atoms with Crippen LogP contribution in [0, 0.1) is 13.8 Å². The largest absolute Gasteiger partial charge is 0.505 e. The average Bonchev–Trinajstić information content (AvgIpc) is 3.70. The number of aromatic nitrogens is 3. The molecule has 0 radical (unpaired) electrons. The first-order valence-electron chi connectivity index (χ1n) is 14.8. The Balaban J connectivity index is 1.53. The van der Waals surface area contributed by atoms with Crippen molar-refractivity contribution in [2.24, 2.45) is 0 Å². The molecule has 232 valence electrons. The molecule has 3 aromatic heterocycles. The summed E-state index contributed by atoms with van der Waals surface area (Å²) < 4.78 is 19.7. The van der Waals surface area contributed by atoms with Crippen molar-refractivity contribution in [3.05, 3.63) is 82.8 Å². The summed E-state index contributed by atoms with van der Waals surface area (Å²) in [6.45, 7) is 6.39. The first kappa shape index (κ1) is 30.1. The van der Waals surface area contributed by atoms with E-state index < -0.39 is 17.7 Å². The van der Waals surface area contributed by atoms with Crippen LogP contribution in [0.4, 0.5) is 5.13 Å². The number of nitrogens with zero attached hydrogens (tertiary/aromatic N) is 4. The van der Waals surface area contributed by atoms with Crippen LogP contribution in [0.15, 0.2) is 60.3 Å². The maximum atomic E-state index is 13.9. The predicted octanol–water partition coefficient (Wildman–Crippen LogP) is 6.77. The van der Waals surface area contributed by atoms with E-state index in [1.54, 1.807) is 37.4 Å². The summed E-state index contributed by atoms with van der Waals surface area (Å²) in [5.41, 5.74) is 3.52. The third kappa shape index (κ3) is 5.27. The Hall–Kier alpha value is -4.90. The van der Waals surface area contributed by atoms with Gasteiger partial charge in [-0.05, 0) is 67.8 Å². The van der Waals surface area contributed by atoms with Gasteiger partial charge in [-0.25, -0.2) is 9.97 Å². The number of ketones is 1. The molecule has 1 saturated heterocycles. The first-order valence-corrected chi connectivity index (χ1v) is 15.6. The van der Waals surface area contributed by atoms with Crippen molar-refractivity contribution >= 4 is 49.8 Å². The number of fused-ring (bicyclic) bond motifs is 2. The molecule has 4 heterocycles. The van der Waals surface area contributed by atoms with E-state index in [-0.39, 0.29) is 17.0 Å². The van der Waals surface area contributed by atoms with Gasteiger partial charge in [-0.2, -0.15) is 0 Å². The highest BCUT2D eigenvalue weighted by Gasteiger charge is 2.49. The van der Waals surface area contributed by atoms with Crippen LogP contribution in [0.3, 0.4) is 0 Å². The third-order valence-electron chi connectivity index (χ3n) is 8.05. The number of unbranched alkanes of at least 4 members (excludes halogenated alkanes) is 2. The summed E-state index contributed by atoms with van der Waals surface area (Å²) in [7, 11) is 3.12. The summed E-state index contributed by atoms with van der Waals surface area (Å²) in [4.78, 5) is 38.5. The highest BCUT2D eigenvalue weighted by molar-refractivity contribution is 7.22. The number of hydrogen-bond acceptors (Lipinski definition) is 9. The first-order chi connectivity index (χ1) is 21.8. The molecular weight excluding hydrogens is 592 g/mol. The number of carbonyl (C=O) groups excluding carboxylic acids is 2. The van der Waals surface area contributed by atoms with Crippen LogP contribution in [-0.4, -0.2) is 52.0 Å². The fourth-order valence-corrected chi connectivity index (χ4v) is 6.67. The molecule has 1 atom stereocenters. The van der Waals surface area contributed by atoms with E-state index in [1.165, 1.54) is 23.3 Å². The Kier molecular flexibility index (Phi) is 8.20. The number of imidazole rings is 1. The minimum absolute atomic E-state index is 0.0836. The van der Waals surface area contributed by atoms with Crippen LogP contribution in [0.2, 0.25) is 0 Å². The SMILES string of the molecule is CCCCCOc1ccc(C2/C(=C(\O)c3nc4c(C)cccn4c3C)C(=O)C(=O)N2c2nc3ccc(OC)cc3s2)cc1OC. The zero-order valence-corrected chi connectivity index (χ0v) is 26.6. The number of benzene rings is 2. The summed E-state index contributed by atoms with van der Waals surface area (Å²) in [5, 5.41) is 12.2. The smallest absolute Gasteiger partial charge is 0.301 e. The molecule has 1 aliphatic rings. The number of hydrogen-bond donors (Lipinski definition) is 1. The molecule has 1 unspecified atom stereocenters. The molecule has 5 aromatic rings. The van der Waals surface area contributed by atoms with Gasteiger partial charge in [0.05, 0.1) is 48.4 Å². The van der Waals surface area contributed by atoms with Crippen LogP contribution in [0.1, 0.15) is 54.7 Å². The monoisotopic (exact) mass is 626 g/mol. The number of anilines is 1. The number of methoxy groups -OCH3 is 2. The number of rotatable bonds is 10. The molecule has 0 saturated carbocycles. The number of pyridine rings is 1. The number of carbonyl (C=O) groups is 2. The number of thiazole rings is 1. The molecule has 45 heavy (non-hydrogen) atoms. The van der Waals surface area contributed by atoms with Crippen LogP contribution < -0.4 is 19.1 Å². The van der Waals surface area contributed by atoms with E-state index in [9.17, 15) is 14.7 Å². The second-order valence-electron chi connectivity index (χ2n) is 10.9. The Morgan fingerprint density at radius 3 is 2.56 bits per heavy atom. The van der Waals surface area contributed by atoms with Gasteiger partial charge in [-0.1, -0.05) is 43.2 Å². The molecule has 2 aromatic carbocycles. The van der Waals surface area contributed by atoms with Gasteiger partial charge in [0.25, 0.3) is 5.78 Å². The molecule has 1 N–H and O–H groups in total. The molecule has 0 bridgehead atoms. The fraction of sp³-hybridized carbons (Fsp3) is 0.294. The zero-order chi connectivity index (χ0) is 31.8. The Bertz CT molecular complexity index is 1980. The number of aryl methyl sites for hydroxylation is 2. The minimum atomic E-state index is -1.01. The number of aliphatic hydroxyl groups is 1. The predicted molar refractivity (Wildman–Crippen MR) is 174 cm³/mol. The molecule has 11 heteroatoms. The lowest BCUT2D eigenvalue weighted by molar-refractivity contribution is -0.132. The highest BCUT2D eigenvalue weighted by Crippen LogP contribution is 2.46. The van der Waals surface area contributed by atoms with E-state index in [0.29, 0.717) is 51.4 Å². The average molecular weight is 627 g/mol. The van der Waals surface area contributed by atoms with Gasteiger partial charge < -0.3 is 23.7 Å². The minimum Gasteiger partial charge on any atom is -0.505 e. The van der Waals surface area contributed by atoms with Crippen molar-refractivity contribution in [3.63, 3.8) is 0 Å². The van der Waals surface area contributed by atoms with Crippen LogP contribution in [0.5, 0.6) is 17.2 Å². The van der Waals surface area contributed by atoms with Crippen molar-refractivity contribution < 1.29 is 28.9 Å². The normalized spacial score (nSPS) is 16.2. The standard InChI is InChI=1S/C34H34N4O6S/c1-6-7-8-16-44-24-14-11-21(17-25(24)43-5)29-27(30(39)28-20(3)37-15-9-10-19(2)32(37)36-28)31(40)33(41)38(29)34-35-23-13-12-22(42-4)18-26(23)45-34/h9-15,17-18,29,39H,6-8,16H2,1-5H3/b30-27+. The number of amides is 1. The van der Waals surface area contributed by atoms with E-state index >= 15 is 0 Å². The Labute approximate surface area is 264 Å². The second-order valence-corrected chi connectivity index (χ2v) is 11.9. The van der Waals surface area contributed by atoms with E-state index in [2.05, 4.69) is 6.92 Å². The van der Waals surface area contributed by atoms with Gasteiger partial charge in [0.1, 0.15) is 17.1 Å². The van der Waals surface area contributed by atoms with Crippen molar-refractivity contribution in [2.75, 3.05) is 25.7 Å². The summed E-state index contributed by atoms with van der Waals surface area (Å²) in [6.07, 6.45) is 4.87. The molecule has 10 nitrogen and oxygen atoms in total. The molecule has 1 fully saturated rings. The molecule has 0 aliphatic carbocycles. The van der Waals surface area contributed by atoms with E-state index in [1.807, 2.05) is 42.6 Å². The number of Topliss-reactive ketones (excluding diaryl/α,β-unsaturated/α-hetero) is 1. The lowest BCUT2D eigenvalue weighted by atomic mass is 9.96. The van der Waals surface area contributed by atoms with Crippen molar-refractivity contribution in [1.82, 2.24) is 14.4 Å². The van der Waals surface area contributed by atoms with Crippen LogP contribution in [-0.2, 0) is 9.59 Å². The second kappa shape index (κ2) is 12.2. The van der Waals surface area contributed by atoms with Gasteiger partial charge in [0.15, 0.2) is 22.4 Å². The van der Waals surface area contributed by atoms with Crippen molar-refractivity contribution in [2.45, 2.75) is 46.1 Å². The Morgan fingerprint density at radius 2 is 1.82 bits per heavy atom. The maximum absolute atomic E-state index is 13.9. The molecular formula is C34H34N4O6S. The topological polar surface area (TPSA) is 115 Å². The molecule has 6 rings (SSSR count). The zero-order valence-electron chi connectivity index (χ0n) is 25.8. The van der Waals surface area contributed by atoms with Gasteiger partial charge in [-0.15, -0.1) is 0 Å². The van der Waals surface area contributed by atoms with E-state index in [4.69, 9.17) is 24.2 Å². The van der Waals surface area contributed by atoms with E-state index in [0.717, 1.165) is 29.5 Å². The molecule has 1 amide bonds. The number of ether oxygens (including phenoxy) is 3. The highest BCUT2D eigenvalue weighted by atomic mass is 32.1. The summed E-state index contributed by atoms with van der Waals surface area (Å²) in [5.74, 6) is -0.349. The summed E-state index contributed by atoms with van der Waals surface area (Å²) >= 11 is 1.26. The lowest BCUT2D eigenvalue weighted by Gasteiger charge is -2.23. The fourth-order valence-electron chi connectivity index (χ4n) is 5.65. The van der Waals surface area contributed by atoms with Gasteiger partial charge >= 0.3 is 5.91 Å². The van der Waals surface area contributed by atoms with Gasteiger partial charge in [-0.3, -0.25) is 14.5 Å². The molecule has 0 spiro atoms. The van der Waals surface area contributed by atoms with Crippen LogP contribution in [0.25, 0.3) is 21.6 Å². The summed E-state index contributed by atoms with van der Waals surface area (Å²) in [6, 6.07) is 13.5. The Morgan fingerprint density at radius 1 is 1.00 bits per heavy atom. The van der Waals surface area contributed by atoms with Crippen molar-refractivity contribution in [3.8, 4) is 17.2 Å². The quantitative estimate of drug-likeness (QED) is 0.0782. The van der Waals surface area contributed by atoms with Crippen molar-refractivity contribution in [1.29, 1.82) is 0 Å². The molecule has 1 aliphatic heterocycles. The lowest BCUT2D eigenvalue weighted by Crippen LogP contribution is -2.29. The van der Waals surface area contributed by atoms with Gasteiger partial charge in [0.2, 0.25) is 0 Å². The van der Waals surface area contributed by atoms with Crippen LogP contribution >= 0.6 is 11.3 Å². The maximum Gasteiger partial charge on any atom is 0.301 e. The third-order valence-corrected chi connectivity index (χ3v) is 9.07.